The third kappa shape index (κ3) is 1.99. The van der Waals surface area contributed by atoms with Gasteiger partial charge in [0.05, 0.1) is 11.4 Å². The molecule has 3 nitrogen and oxygen atoms in total. The van der Waals surface area contributed by atoms with Crippen molar-refractivity contribution in [3.8, 4) is 11.3 Å². The van der Waals surface area contributed by atoms with Crippen molar-refractivity contribution in [2.75, 3.05) is 5.32 Å². The van der Waals surface area contributed by atoms with Gasteiger partial charge in [-0.2, -0.15) is 5.10 Å². The monoisotopic (exact) mass is 293 g/mol. The number of aromatic nitrogens is 2. The molecule has 2 aromatic carbocycles. The van der Waals surface area contributed by atoms with Crippen LogP contribution >= 0.6 is 0 Å². The molecule has 2 heterocycles. The molecule has 0 saturated carbocycles. The van der Waals surface area contributed by atoms with Crippen molar-refractivity contribution in [3.05, 3.63) is 71.2 Å². The summed E-state index contributed by atoms with van der Waals surface area (Å²) < 4.78 is 15.2. The van der Waals surface area contributed by atoms with Gasteiger partial charge < -0.3 is 5.32 Å². The van der Waals surface area contributed by atoms with Gasteiger partial charge in [-0.1, -0.05) is 23.8 Å². The SMILES string of the molecule is Cc1ccc2c(c1)-c1cc(C)nn1[C@H](c1ccc(F)cc1)N2. The van der Waals surface area contributed by atoms with Crippen molar-refractivity contribution in [2.24, 2.45) is 0 Å². The number of rotatable bonds is 1. The summed E-state index contributed by atoms with van der Waals surface area (Å²) in [5.74, 6) is -0.229. The second-order valence-corrected chi connectivity index (χ2v) is 5.76. The highest BCUT2D eigenvalue weighted by Crippen LogP contribution is 2.38. The number of fused-ring (bicyclic) bond motifs is 3. The summed E-state index contributed by atoms with van der Waals surface area (Å²) in [4.78, 5) is 0. The fourth-order valence-electron chi connectivity index (χ4n) is 2.99. The smallest absolute Gasteiger partial charge is 0.147 e. The van der Waals surface area contributed by atoms with Crippen LogP contribution in [0.2, 0.25) is 0 Å². The van der Waals surface area contributed by atoms with Crippen LogP contribution in [-0.4, -0.2) is 9.78 Å². The Kier molecular flexibility index (Phi) is 2.79. The van der Waals surface area contributed by atoms with Crippen LogP contribution in [0.25, 0.3) is 11.3 Å². The van der Waals surface area contributed by atoms with Gasteiger partial charge >= 0.3 is 0 Å². The third-order valence-corrected chi connectivity index (χ3v) is 4.03. The Balaban J connectivity index is 1.90. The summed E-state index contributed by atoms with van der Waals surface area (Å²) in [6, 6.07) is 15.0. The molecule has 0 radical (unpaired) electrons. The van der Waals surface area contributed by atoms with Gasteiger partial charge in [0.25, 0.3) is 0 Å². The average molecular weight is 293 g/mol. The Morgan fingerprint density at radius 2 is 1.82 bits per heavy atom. The fraction of sp³-hybridized carbons (Fsp3) is 0.167. The first-order valence-corrected chi connectivity index (χ1v) is 7.31. The number of anilines is 1. The zero-order valence-electron chi connectivity index (χ0n) is 12.5. The summed E-state index contributed by atoms with van der Waals surface area (Å²) in [7, 11) is 0. The predicted octanol–water partition coefficient (Wildman–Crippen LogP) is 4.28. The number of aryl methyl sites for hydroxylation is 2. The van der Waals surface area contributed by atoms with E-state index in [-0.39, 0.29) is 12.0 Å². The van der Waals surface area contributed by atoms with Gasteiger partial charge in [-0.15, -0.1) is 0 Å². The van der Waals surface area contributed by atoms with Gasteiger partial charge in [-0.25, -0.2) is 9.07 Å². The molecular weight excluding hydrogens is 277 g/mol. The fourth-order valence-corrected chi connectivity index (χ4v) is 2.99. The maximum atomic E-state index is 13.2. The highest BCUT2D eigenvalue weighted by molar-refractivity contribution is 5.79. The molecule has 110 valence electrons. The van der Waals surface area contributed by atoms with Crippen LogP contribution in [0.5, 0.6) is 0 Å². The Morgan fingerprint density at radius 1 is 1.05 bits per heavy atom. The minimum absolute atomic E-state index is 0.125. The Bertz CT molecular complexity index is 849. The highest BCUT2D eigenvalue weighted by Gasteiger charge is 2.26. The molecule has 22 heavy (non-hydrogen) atoms. The maximum Gasteiger partial charge on any atom is 0.147 e. The molecule has 0 spiro atoms. The predicted molar refractivity (Wildman–Crippen MR) is 85.3 cm³/mol. The quantitative estimate of drug-likeness (QED) is 0.726. The van der Waals surface area contributed by atoms with Crippen molar-refractivity contribution in [2.45, 2.75) is 20.0 Å². The highest BCUT2D eigenvalue weighted by atomic mass is 19.1. The summed E-state index contributed by atoms with van der Waals surface area (Å²) in [5, 5.41) is 8.13. The van der Waals surface area contributed by atoms with E-state index in [0.717, 1.165) is 28.2 Å². The minimum atomic E-state index is -0.229. The Labute approximate surface area is 128 Å². The molecule has 1 aliphatic rings. The van der Waals surface area contributed by atoms with E-state index in [0.29, 0.717) is 0 Å². The molecule has 1 aromatic heterocycles. The van der Waals surface area contributed by atoms with E-state index in [9.17, 15) is 4.39 Å². The number of nitrogens with zero attached hydrogens (tertiary/aromatic N) is 2. The van der Waals surface area contributed by atoms with Gasteiger partial charge in [-0.3, -0.25) is 0 Å². The van der Waals surface area contributed by atoms with E-state index in [1.807, 2.05) is 11.6 Å². The lowest BCUT2D eigenvalue weighted by Crippen LogP contribution is -2.25. The lowest BCUT2D eigenvalue weighted by molar-refractivity contribution is 0.568. The van der Waals surface area contributed by atoms with Crippen molar-refractivity contribution in [1.82, 2.24) is 9.78 Å². The molecule has 1 N–H and O–H groups in total. The minimum Gasteiger partial charge on any atom is -0.359 e. The first-order valence-electron chi connectivity index (χ1n) is 7.31. The molecule has 4 rings (SSSR count). The molecule has 1 aliphatic heterocycles. The summed E-state index contributed by atoms with van der Waals surface area (Å²) in [6.45, 7) is 4.07. The van der Waals surface area contributed by atoms with E-state index in [2.05, 4.69) is 41.6 Å². The van der Waals surface area contributed by atoms with Crippen LogP contribution in [0.3, 0.4) is 0 Å². The number of benzene rings is 2. The third-order valence-electron chi connectivity index (χ3n) is 4.03. The van der Waals surface area contributed by atoms with E-state index < -0.39 is 0 Å². The zero-order chi connectivity index (χ0) is 15.3. The maximum absolute atomic E-state index is 13.2. The lowest BCUT2D eigenvalue weighted by atomic mass is 10.0. The van der Waals surface area contributed by atoms with E-state index >= 15 is 0 Å². The topological polar surface area (TPSA) is 29.9 Å². The molecule has 0 aliphatic carbocycles. The van der Waals surface area contributed by atoms with Gasteiger partial charge in [-0.05, 0) is 49.7 Å². The second-order valence-electron chi connectivity index (χ2n) is 5.76. The van der Waals surface area contributed by atoms with Crippen molar-refractivity contribution >= 4 is 5.69 Å². The Hall–Kier alpha value is -2.62. The number of hydrogen-bond donors (Lipinski definition) is 1. The first kappa shape index (κ1) is 13.1. The number of halogens is 1. The summed E-state index contributed by atoms with van der Waals surface area (Å²) in [5.41, 5.74) is 6.48. The lowest BCUT2D eigenvalue weighted by Gasteiger charge is -2.29. The van der Waals surface area contributed by atoms with Crippen LogP contribution in [-0.2, 0) is 0 Å². The molecule has 0 unspecified atom stereocenters. The first-order chi connectivity index (χ1) is 10.6. The van der Waals surface area contributed by atoms with Gasteiger partial charge in [0.15, 0.2) is 0 Å². The molecule has 3 aromatic rings. The van der Waals surface area contributed by atoms with Crippen molar-refractivity contribution in [1.29, 1.82) is 0 Å². The van der Waals surface area contributed by atoms with Crippen LogP contribution in [0, 0.1) is 19.7 Å². The van der Waals surface area contributed by atoms with E-state index in [1.54, 1.807) is 12.1 Å². The normalized spacial score (nSPS) is 15.9. The largest absolute Gasteiger partial charge is 0.359 e. The molecule has 4 heteroatoms. The number of nitrogens with one attached hydrogen (secondary N) is 1. The average Bonchev–Trinajstić information content (AvgIpc) is 2.89. The van der Waals surface area contributed by atoms with E-state index in [1.165, 1.54) is 17.7 Å². The molecule has 1 atom stereocenters. The second kappa shape index (κ2) is 4.70. The van der Waals surface area contributed by atoms with Crippen LogP contribution in [0.4, 0.5) is 10.1 Å². The molecule has 0 amide bonds. The van der Waals surface area contributed by atoms with Crippen molar-refractivity contribution in [3.63, 3.8) is 0 Å². The molecular formula is C18H16FN3. The van der Waals surface area contributed by atoms with Crippen LogP contribution < -0.4 is 5.32 Å². The molecule has 0 fully saturated rings. The summed E-state index contributed by atoms with van der Waals surface area (Å²) >= 11 is 0. The van der Waals surface area contributed by atoms with Gasteiger partial charge in [0.1, 0.15) is 12.0 Å². The number of hydrogen-bond acceptors (Lipinski definition) is 2. The van der Waals surface area contributed by atoms with Crippen molar-refractivity contribution < 1.29 is 4.39 Å². The van der Waals surface area contributed by atoms with Gasteiger partial charge in [0, 0.05) is 11.3 Å². The standard InChI is InChI=1S/C18H16FN3/c1-11-3-8-16-15(9-11)17-10-12(2)21-22(17)18(20-16)13-4-6-14(19)7-5-13/h3-10,18,20H,1-2H3/t18-/m1/s1. The van der Waals surface area contributed by atoms with E-state index in [4.69, 9.17) is 0 Å². The molecule has 0 saturated heterocycles. The Morgan fingerprint density at radius 3 is 2.59 bits per heavy atom. The van der Waals surface area contributed by atoms with Crippen LogP contribution in [0.15, 0.2) is 48.5 Å². The zero-order valence-corrected chi connectivity index (χ0v) is 12.5. The van der Waals surface area contributed by atoms with Crippen LogP contribution in [0.1, 0.15) is 23.0 Å². The summed E-state index contributed by atoms with van der Waals surface area (Å²) in [6.07, 6.45) is -0.125. The van der Waals surface area contributed by atoms with Gasteiger partial charge in [0.2, 0.25) is 0 Å². The molecule has 0 bridgehead atoms.